The molecule has 58 heavy (non-hydrogen) atoms. The smallest absolute Gasteiger partial charge is 0.410 e. The van der Waals surface area contributed by atoms with Crippen LogP contribution in [0.4, 0.5) is 14.4 Å². The van der Waals surface area contributed by atoms with Gasteiger partial charge >= 0.3 is 18.3 Å². The van der Waals surface area contributed by atoms with E-state index < -0.39 is 59.7 Å². The van der Waals surface area contributed by atoms with E-state index in [1.165, 1.54) is 16.7 Å². The number of hydrogen-bond acceptors (Lipinski definition) is 9. The van der Waals surface area contributed by atoms with Crippen molar-refractivity contribution in [3.05, 3.63) is 108 Å². The van der Waals surface area contributed by atoms with Gasteiger partial charge in [0.25, 0.3) is 0 Å². The molecule has 0 fully saturated rings. The monoisotopic (exact) mass is 802 g/mol. The highest BCUT2D eigenvalue weighted by molar-refractivity contribution is 5.94. The Morgan fingerprint density at radius 1 is 0.621 bits per heavy atom. The van der Waals surface area contributed by atoms with Crippen LogP contribution in [-0.4, -0.2) is 103 Å². The van der Waals surface area contributed by atoms with Gasteiger partial charge in [-0.3, -0.25) is 14.4 Å². The summed E-state index contributed by atoms with van der Waals surface area (Å²) >= 11 is 0. The maximum absolute atomic E-state index is 14.0. The highest BCUT2D eigenvalue weighted by Crippen LogP contribution is 2.11. The molecule has 0 aliphatic carbocycles. The molecule has 3 atom stereocenters. The third-order valence-corrected chi connectivity index (χ3v) is 8.72. The van der Waals surface area contributed by atoms with Gasteiger partial charge in [-0.1, -0.05) is 91.0 Å². The largest absolute Gasteiger partial charge is 0.445 e. The third-order valence-electron chi connectivity index (χ3n) is 8.72. The Kier molecular flexibility index (Phi) is 19.0. The van der Waals surface area contributed by atoms with E-state index in [0.29, 0.717) is 12.8 Å². The van der Waals surface area contributed by atoms with Crippen molar-refractivity contribution in [2.24, 2.45) is 0 Å². The molecule has 0 heterocycles. The first-order valence-corrected chi connectivity index (χ1v) is 19.4. The van der Waals surface area contributed by atoms with E-state index in [0.717, 1.165) is 16.7 Å². The van der Waals surface area contributed by atoms with Gasteiger partial charge in [0.2, 0.25) is 17.7 Å². The number of unbranched alkanes of at least 4 members (excludes halogenated alkanes) is 1. The second-order valence-electron chi connectivity index (χ2n) is 14.9. The lowest BCUT2D eigenvalue weighted by atomic mass is 10.0. The van der Waals surface area contributed by atoms with Crippen molar-refractivity contribution in [1.29, 1.82) is 0 Å². The number of carbonyl (C=O) groups excluding carboxylic acids is 6. The maximum atomic E-state index is 14.0. The minimum absolute atomic E-state index is 0.00954. The summed E-state index contributed by atoms with van der Waals surface area (Å²) < 4.78 is 15.9. The van der Waals surface area contributed by atoms with Crippen LogP contribution in [0.3, 0.4) is 0 Å². The van der Waals surface area contributed by atoms with Crippen molar-refractivity contribution in [2.75, 3.05) is 33.7 Å². The standard InChI is InChI=1S/C43H58N6O9/c1-31(45-41(54)57-30-34-22-14-9-15-23-34)37(50)47-36(28-32-18-10-7-11-19-32)38(51)46-35(39(52)48(5)26-27-49(6)42(55)58-43(2,3)4)24-16-17-25-44-40(53)56-29-33-20-12-8-13-21-33/h7-15,18-23,31,35-36H,16-17,24-30H2,1-6H3,(H,44,53)(H,45,54)(H,46,51)(H,47,50)/t31-,35+,36+/m1/s1. The van der Waals surface area contributed by atoms with E-state index in [-0.39, 0.29) is 45.7 Å². The number of alkyl carbamates (subject to hydrolysis) is 2. The lowest BCUT2D eigenvalue weighted by Crippen LogP contribution is -2.57. The summed E-state index contributed by atoms with van der Waals surface area (Å²) in [6.45, 7) is 7.46. The van der Waals surface area contributed by atoms with Crippen LogP contribution in [0.2, 0.25) is 0 Å². The normalized spacial score (nSPS) is 12.4. The maximum Gasteiger partial charge on any atom is 0.410 e. The molecule has 3 aromatic carbocycles. The summed E-state index contributed by atoms with van der Waals surface area (Å²) in [5.74, 6) is -1.67. The fourth-order valence-corrected chi connectivity index (χ4v) is 5.44. The number of rotatable bonds is 20. The quantitative estimate of drug-likeness (QED) is 0.0909. The topological polar surface area (TPSA) is 185 Å². The molecule has 3 rings (SSSR count). The number of ether oxygens (including phenoxy) is 3. The van der Waals surface area contributed by atoms with Gasteiger partial charge in [-0.15, -0.1) is 0 Å². The Labute approximate surface area is 341 Å². The van der Waals surface area contributed by atoms with Crippen molar-refractivity contribution in [2.45, 2.75) is 90.3 Å². The van der Waals surface area contributed by atoms with E-state index >= 15 is 0 Å². The second-order valence-corrected chi connectivity index (χ2v) is 14.9. The van der Waals surface area contributed by atoms with Crippen molar-refractivity contribution < 1.29 is 43.0 Å². The van der Waals surface area contributed by atoms with Crippen molar-refractivity contribution >= 4 is 36.0 Å². The predicted molar refractivity (Wildman–Crippen MR) is 218 cm³/mol. The molecule has 6 amide bonds. The van der Waals surface area contributed by atoms with Gasteiger partial charge in [-0.25, -0.2) is 14.4 Å². The van der Waals surface area contributed by atoms with Crippen LogP contribution in [0.25, 0.3) is 0 Å². The minimum atomic E-state index is -1.13. The molecule has 0 saturated carbocycles. The molecule has 0 unspecified atom stereocenters. The van der Waals surface area contributed by atoms with Crippen LogP contribution in [0.1, 0.15) is 63.6 Å². The number of benzene rings is 3. The molecule has 0 radical (unpaired) electrons. The highest BCUT2D eigenvalue weighted by Gasteiger charge is 2.30. The fourth-order valence-electron chi connectivity index (χ4n) is 5.44. The second kappa shape index (κ2) is 23.8. The van der Waals surface area contributed by atoms with Crippen LogP contribution >= 0.6 is 0 Å². The Bertz CT molecular complexity index is 1760. The van der Waals surface area contributed by atoms with Gasteiger partial charge in [0.05, 0.1) is 0 Å². The van der Waals surface area contributed by atoms with Crippen molar-refractivity contribution in [3.63, 3.8) is 0 Å². The Morgan fingerprint density at radius 3 is 1.67 bits per heavy atom. The molecule has 15 heteroatoms. The highest BCUT2D eigenvalue weighted by atomic mass is 16.6. The average Bonchev–Trinajstić information content (AvgIpc) is 3.20. The SMILES string of the molecule is C[C@@H](NC(=O)OCc1ccccc1)C(=O)N[C@@H](Cc1ccccc1)C(=O)N[C@@H](CCCCNC(=O)OCc1ccccc1)C(=O)N(C)CCN(C)C(=O)OC(C)(C)C. The first-order chi connectivity index (χ1) is 27.6. The van der Waals surface area contributed by atoms with Gasteiger partial charge in [0.1, 0.15) is 36.9 Å². The average molecular weight is 803 g/mol. The molecule has 0 aliphatic rings. The first kappa shape index (κ1) is 46.3. The van der Waals surface area contributed by atoms with Gasteiger partial charge in [0.15, 0.2) is 0 Å². The van der Waals surface area contributed by atoms with E-state index in [9.17, 15) is 28.8 Å². The number of carbonyl (C=O) groups is 6. The van der Waals surface area contributed by atoms with Crippen LogP contribution in [-0.2, 0) is 48.2 Å². The van der Waals surface area contributed by atoms with Gasteiger partial charge in [-0.05, 0) is 63.6 Å². The van der Waals surface area contributed by atoms with Crippen molar-refractivity contribution in [3.8, 4) is 0 Å². The Morgan fingerprint density at radius 2 is 1.12 bits per heavy atom. The van der Waals surface area contributed by atoms with Crippen LogP contribution < -0.4 is 21.3 Å². The van der Waals surface area contributed by atoms with Crippen LogP contribution in [0.15, 0.2) is 91.0 Å². The van der Waals surface area contributed by atoms with E-state index in [2.05, 4.69) is 21.3 Å². The Hall–Kier alpha value is -6.12. The lowest BCUT2D eigenvalue weighted by Gasteiger charge is -2.29. The summed E-state index contributed by atoms with van der Waals surface area (Å²) in [7, 11) is 3.14. The Balaban J connectivity index is 1.68. The molecule has 0 aliphatic heterocycles. The number of nitrogens with zero attached hydrogens (tertiary/aromatic N) is 2. The zero-order valence-electron chi connectivity index (χ0n) is 34.3. The van der Waals surface area contributed by atoms with Gasteiger partial charge in [0, 0.05) is 40.2 Å². The van der Waals surface area contributed by atoms with E-state index in [1.54, 1.807) is 59.1 Å². The van der Waals surface area contributed by atoms with E-state index in [4.69, 9.17) is 14.2 Å². The number of hydrogen-bond donors (Lipinski definition) is 4. The molecule has 15 nitrogen and oxygen atoms in total. The minimum Gasteiger partial charge on any atom is -0.445 e. The van der Waals surface area contributed by atoms with E-state index in [1.807, 2.05) is 66.7 Å². The van der Waals surface area contributed by atoms with Gasteiger partial charge in [-0.2, -0.15) is 0 Å². The molecule has 0 aromatic heterocycles. The zero-order chi connectivity index (χ0) is 42.5. The van der Waals surface area contributed by atoms with Gasteiger partial charge < -0.3 is 45.3 Å². The molecule has 0 spiro atoms. The molecular weight excluding hydrogens is 745 g/mol. The number of amides is 6. The predicted octanol–water partition coefficient (Wildman–Crippen LogP) is 4.94. The summed E-state index contributed by atoms with van der Waals surface area (Å²) in [5.41, 5.74) is 1.68. The summed E-state index contributed by atoms with van der Waals surface area (Å²) in [5, 5.41) is 10.8. The van der Waals surface area contributed by atoms with Crippen LogP contribution in [0, 0.1) is 0 Å². The van der Waals surface area contributed by atoms with Crippen LogP contribution in [0.5, 0.6) is 0 Å². The molecule has 314 valence electrons. The molecule has 3 aromatic rings. The summed E-state index contributed by atoms with van der Waals surface area (Å²) in [4.78, 5) is 81.4. The first-order valence-electron chi connectivity index (χ1n) is 19.4. The molecule has 0 bridgehead atoms. The lowest BCUT2D eigenvalue weighted by molar-refractivity contribution is -0.137. The summed E-state index contributed by atoms with van der Waals surface area (Å²) in [6, 6.07) is 24.2. The fraction of sp³-hybridized carbons (Fsp3) is 0.442. The molecule has 4 N–H and O–H groups in total. The third kappa shape index (κ3) is 17.8. The molecular formula is C43H58N6O9. The van der Waals surface area contributed by atoms with Crippen molar-refractivity contribution in [1.82, 2.24) is 31.1 Å². The number of likely N-dealkylation sites (N-methyl/N-ethyl adjacent to an activating group) is 2. The number of nitrogens with one attached hydrogen (secondary N) is 4. The zero-order valence-corrected chi connectivity index (χ0v) is 34.3. The summed E-state index contributed by atoms with van der Waals surface area (Å²) in [6.07, 6.45) is -0.722. The molecule has 0 saturated heterocycles.